The molecule has 9 heteroatoms. The largest absolute Gasteiger partial charge is 0.339 e. The number of para-hydroxylation sites is 1. The van der Waals surface area contributed by atoms with Crippen LogP contribution in [0.25, 0.3) is 0 Å². The summed E-state index contributed by atoms with van der Waals surface area (Å²) in [5.41, 5.74) is 1.30. The first-order valence-corrected chi connectivity index (χ1v) is 12.0. The Hall–Kier alpha value is -2.58. The van der Waals surface area contributed by atoms with Gasteiger partial charge in [-0.2, -0.15) is 0 Å². The van der Waals surface area contributed by atoms with Crippen LogP contribution in [0, 0.1) is 0 Å². The number of hydrogen-bond donors (Lipinski definition) is 2. The quantitative estimate of drug-likeness (QED) is 0.721. The maximum Gasteiger partial charge on any atom is 0.255 e. The van der Waals surface area contributed by atoms with Gasteiger partial charge in [-0.05, 0) is 43.2 Å². The van der Waals surface area contributed by atoms with E-state index in [4.69, 9.17) is 11.6 Å². The number of nitrogens with zero attached hydrogens (tertiary/aromatic N) is 1. The van der Waals surface area contributed by atoms with Crippen molar-refractivity contribution in [2.75, 3.05) is 29.4 Å². The zero-order chi connectivity index (χ0) is 21.7. The molecule has 0 spiro atoms. The van der Waals surface area contributed by atoms with Gasteiger partial charge in [-0.1, -0.05) is 36.6 Å². The van der Waals surface area contributed by atoms with E-state index in [2.05, 4.69) is 10.0 Å². The van der Waals surface area contributed by atoms with Crippen LogP contribution in [0.15, 0.2) is 42.5 Å². The minimum absolute atomic E-state index is 0.0986. The van der Waals surface area contributed by atoms with Gasteiger partial charge in [0.25, 0.3) is 11.8 Å². The number of nitrogens with one attached hydrogen (secondary N) is 2. The summed E-state index contributed by atoms with van der Waals surface area (Å²) < 4.78 is 25.1. The van der Waals surface area contributed by atoms with Crippen LogP contribution in [0.1, 0.15) is 46.4 Å². The highest BCUT2D eigenvalue weighted by molar-refractivity contribution is 7.92. The van der Waals surface area contributed by atoms with Gasteiger partial charge in [0, 0.05) is 18.7 Å². The maximum absolute atomic E-state index is 13.0. The summed E-state index contributed by atoms with van der Waals surface area (Å²) in [6.45, 7) is 1.43. The molecule has 160 valence electrons. The summed E-state index contributed by atoms with van der Waals surface area (Å²) in [7, 11) is -3.49. The van der Waals surface area contributed by atoms with Crippen molar-refractivity contribution in [3.05, 3.63) is 58.6 Å². The smallest absolute Gasteiger partial charge is 0.255 e. The van der Waals surface area contributed by atoms with Crippen molar-refractivity contribution in [3.8, 4) is 0 Å². The van der Waals surface area contributed by atoms with Crippen LogP contribution in [0.2, 0.25) is 5.02 Å². The van der Waals surface area contributed by atoms with Crippen LogP contribution in [-0.4, -0.2) is 44.5 Å². The van der Waals surface area contributed by atoms with E-state index in [1.807, 2.05) is 4.90 Å². The first kappa shape index (κ1) is 22.1. The van der Waals surface area contributed by atoms with E-state index in [-0.39, 0.29) is 22.2 Å². The number of hydrogen-bond acceptors (Lipinski definition) is 4. The lowest BCUT2D eigenvalue weighted by Crippen LogP contribution is -2.32. The van der Waals surface area contributed by atoms with Crippen molar-refractivity contribution >= 4 is 44.8 Å². The van der Waals surface area contributed by atoms with E-state index in [9.17, 15) is 18.0 Å². The van der Waals surface area contributed by atoms with Gasteiger partial charge in [0.1, 0.15) is 0 Å². The third-order valence-corrected chi connectivity index (χ3v) is 5.73. The van der Waals surface area contributed by atoms with E-state index in [0.29, 0.717) is 24.3 Å². The average molecular weight is 450 g/mol. The Kier molecular flexibility index (Phi) is 6.99. The van der Waals surface area contributed by atoms with E-state index in [0.717, 1.165) is 31.9 Å². The predicted molar refractivity (Wildman–Crippen MR) is 119 cm³/mol. The van der Waals surface area contributed by atoms with Gasteiger partial charge in [-0.25, -0.2) is 8.42 Å². The summed E-state index contributed by atoms with van der Waals surface area (Å²) >= 11 is 6.11. The predicted octanol–water partition coefficient (Wildman–Crippen LogP) is 3.98. The van der Waals surface area contributed by atoms with Crippen molar-refractivity contribution in [2.24, 2.45) is 0 Å². The molecule has 3 rings (SSSR count). The SMILES string of the molecule is CS(=O)(=O)Nc1ccc(C(=O)Nc2ccccc2C(=O)N2CCCCCC2)cc1Cl. The minimum atomic E-state index is -3.49. The van der Waals surface area contributed by atoms with Crippen LogP contribution in [0.4, 0.5) is 11.4 Å². The third kappa shape index (κ3) is 5.73. The number of anilines is 2. The molecule has 0 bridgehead atoms. The van der Waals surface area contributed by atoms with Crippen LogP contribution < -0.4 is 10.0 Å². The number of carbonyl (C=O) groups excluding carboxylic acids is 2. The van der Waals surface area contributed by atoms with Crippen molar-refractivity contribution in [3.63, 3.8) is 0 Å². The summed E-state index contributed by atoms with van der Waals surface area (Å²) in [6, 6.07) is 11.2. The van der Waals surface area contributed by atoms with Gasteiger partial charge in [0.05, 0.1) is 28.2 Å². The van der Waals surface area contributed by atoms with Gasteiger partial charge in [-0.15, -0.1) is 0 Å². The lowest BCUT2D eigenvalue weighted by atomic mass is 10.1. The lowest BCUT2D eigenvalue weighted by molar-refractivity contribution is 0.0762. The van der Waals surface area contributed by atoms with Crippen LogP contribution in [-0.2, 0) is 10.0 Å². The number of halogens is 1. The highest BCUT2D eigenvalue weighted by atomic mass is 35.5. The van der Waals surface area contributed by atoms with E-state index >= 15 is 0 Å². The molecule has 7 nitrogen and oxygen atoms in total. The van der Waals surface area contributed by atoms with E-state index in [1.54, 1.807) is 24.3 Å². The molecule has 2 N–H and O–H groups in total. The molecule has 2 amide bonds. The number of amides is 2. The third-order valence-electron chi connectivity index (χ3n) is 4.83. The second-order valence-corrected chi connectivity index (χ2v) is 9.43. The molecule has 30 heavy (non-hydrogen) atoms. The molecule has 0 unspecified atom stereocenters. The normalized spacial score (nSPS) is 14.7. The van der Waals surface area contributed by atoms with Crippen LogP contribution in [0.5, 0.6) is 0 Å². The Bertz CT molecular complexity index is 1050. The van der Waals surface area contributed by atoms with E-state index < -0.39 is 15.9 Å². The van der Waals surface area contributed by atoms with Crippen molar-refractivity contribution in [2.45, 2.75) is 25.7 Å². The first-order chi connectivity index (χ1) is 14.2. The van der Waals surface area contributed by atoms with E-state index in [1.165, 1.54) is 18.2 Å². The number of benzene rings is 2. The van der Waals surface area contributed by atoms with Gasteiger partial charge in [0.2, 0.25) is 10.0 Å². The van der Waals surface area contributed by atoms with Crippen LogP contribution >= 0.6 is 11.6 Å². The molecule has 0 saturated carbocycles. The fraction of sp³-hybridized carbons (Fsp3) is 0.333. The highest BCUT2D eigenvalue weighted by Gasteiger charge is 2.21. The zero-order valence-electron chi connectivity index (χ0n) is 16.7. The lowest BCUT2D eigenvalue weighted by Gasteiger charge is -2.22. The summed E-state index contributed by atoms with van der Waals surface area (Å²) in [5.74, 6) is -0.544. The Labute approximate surface area is 181 Å². The molecular formula is C21H24ClN3O4S. The molecule has 2 aromatic rings. The summed E-state index contributed by atoms with van der Waals surface area (Å²) in [4.78, 5) is 27.6. The molecular weight excluding hydrogens is 426 g/mol. The summed E-state index contributed by atoms with van der Waals surface area (Å²) in [5, 5.41) is 2.87. The molecule has 0 aromatic heterocycles. The maximum atomic E-state index is 13.0. The number of sulfonamides is 1. The van der Waals surface area contributed by atoms with Gasteiger partial charge in [0.15, 0.2) is 0 Å². The number of carbonyl (C=O) groups is 2. The Balaban J connectivity index is 1.79. The number of rotatable bonds is 5. The molecule has 1 aliphatic heterocycles. The van der Waals surface area contributed by atoms with Gasteiger partial charge >= 0.3 is 0 Å². The monoisotopic (exact) mass is 449 g/mol. The molecule has 1 saturated heterocycles. The second-order valence-electron chi connectivity index (χ2n) is 7.27. The molecule has 0 radical (unpaired) electrons. The fourth-order valence-electron chi connectivity index (χ4n) is 3.36. The highest BCUT2D eigenvalue weighted by Crippen LogP contribution is 2.25. The zero-order valence-corrected chi connectivity index (χ0v) is 18.2. The van der Waals surface area contributed by atoms with Crippen molar-refractivity contribution in [1.82, 2.24) is 4.90 Å². The Morgan fingerprint density at radius 2 is 1.63 bits per heavy atom. The molecule has 2 aromatic carbocycles. The van der Waals surface area contributed by atoms with Crippen LogP contribution in [0.3, 0.4) is 0 Å². The molecule has 0 atom stereocenters. The molecule has 1 heterocycles. The number of likely N-dealkylation sites (tertiary alicyclic amines) is 1. The van der Waals surface area contributed by atoms with Crippen molar-refractivity contribution in [1.29, 1.82) is 0 Å². The van der Waals surface area contributed by atoms with Gasteiger partial charge < -0.3 is 10.2 Å². The molecule has 1 fully saturated rings. The Morgan fingerprint density at radius 3 is 2.27 bits per heavy atom. The Morgan fingerprint density at radius 1 is 0.967 bits per heavy atom. The topological polar surface area (TPSA) is 95.6 Å². The van der Waals surface area contributed by atoms with Gasteiger partial charge in [-0.3, -0.25) is 14.3 Å². The average Bonchev–Trinajstić information content (AvgIpc) is 2.98. The fourth-order valence-corrected chi connectivity index (χ4v) is 4.22. The summed E-state index contributed by atoms with van der Waals surface area (Å²) in [6.07, 6.45) is 5.21. The molecule has 0 aliphatic carbocycles. The minimum Gasteiger partial charge on any atom is -0.339 e. The van der Waals surface area contributed by atoms with Crippen molar-refractivity contribution < 1.29 is 18.0 Å². The standard InChI is InChI=1S/C21H24ClN3O4S/c1-30(28,29)24-19-11-10-15(14-17(19)22)20(26)23-18-9-5-4-8-16(18)21(27)25-12-6-2-3-7-13-25/h4-5,8-11,14,24H,2-3,6-7,12-13H2,1H3,(H,23,26). The molecule has 1 aliphatic rings. The second kappa shape index (κ2) is 9.49. The first-order valence-electron chi connectivity index (χ1n) is 9.71.